The molecule has 1 N–H and O–H groups in total. The Bertz CT molecular complexity index is 1030. The van der Waals surface area contributed by atoms with Gasteiger partial charge < -0.3 is 14.6 Å². The molecule has 1 amide bonds. The molecule has 0 fully saturated rings. The Morgan fingerprint density at radius 3 is 2.24 bits per heavy atom. The molecule has 0 bridgehead atoms. The lowest BCUT2D eigenvalue weighted by Gasteiger charge is -2.20. The zero-order valence-electron chi connectivity index (χ0n) is 20.3. The van der Waals surface area contributed by atoms with Crippen LogP contribution < -0.4 is 10.1 Å². The van der Waals surface area contributed by atoms with Crippen molar-refractivity contribution in [2.45, 2.75) is 76.4 Å². The number of benzene rings is 2. The van der Waals surface area contributed by atoms with Crippen molar-refractivity contribution < 1.29 is 9.53 Å². The highest BCUT2D eigenvalue weighted by atomic mass is 32.2. The molecule has 0 aliphatic carbocycles. The molecule has 3 aromatic rings. The van der Waals surface area contributed by atoms with Crippen molar-refractivity contribution in [3.63, 3.8) is 0 Å². The first-order valence-corrected chi connectivity index (χ1v) is 12.4. The number of nitrogens with zero attached hydrogens (tertiary/aromatic N) is 3. The van der Waals surface area contributed by atoms with Gasteiger partial charge in [-0.2, -0.15) is 0 Å². The van der Waals surface area contributed by atoms with Gasteiger partial charge in [0.2, 0.25) is 5.91 Å². The van der Waals surface area contributed by atoms with Crippen LogP contribution in [0.25, 0.3) is 0 Å². The first kappa shape index (κ1) is 24.8. The first-order chi connectivity index (χ1) is 15.8. The number of anilines is 1. The van der Waals surface area contributed by atoms with Crippen LogP contribution in [-0.2, 0) is 4.79 Å². The molecule has 3 rings (SSSR count). The Kier molecular flexibility index (Phi) is 8.55. The normalized spacial score (nSPS) is 13.2. The van der Waals surface area contributed by atoms with Crippen molar-refractivity contribution in [1.29, 1.82) is 0 Å². The van der Waals surface area contributed by atoms with E-state index in [0.717, 1.165) is 22.4 Å². The Balaban J connectivity index is 1.75. The third kappa shape index (κ3) is 6.38. The second-order valence-corrected chi connectivity index (χ2v) is 9.83. The molecule has 6 nitrogen and oxygen atoms in total. The van der Waals surface area contributed by atoms with Gasteiger partial charge in [0.25, 0.3) is 0 Å². The largest absolute Gasteiger partial charge is 0.483 e. The van der Waals surface area contributed by atoms with Gasteiger partial charge in [-0.15, -0.1) is 10.2 Å². The van der Waals surface area contributed by atoms with Gasteiger partial charge in [0.1, 0.15) is 5.75 Å². The summed E-state index contributed by atoms with van der Waals surface area (Å²) >= 11 is 1.44. The zero-order chi connectivity index (χ0) is 24.0. The summed E-state index contributed by atoms with van der Waals surface area (Å²) in [4.78, 5) is 12.9. The summed E-state index contributed by atoms with van der Waals surface area (Å²) in [7, 11) is 0. The topological polar surface area (TPSA) is 69.0 Å². The fraction of sp³-hybridized carbons (Fsp3) is 0.423. The third-order valence-corrected chi connectivity index (χ3v) is 6.70. The van der Waals surface area contributed by atoms with E-state index in [9.17, 15) is 4.79 Å². The monoisotopic (exact) mass is 466 g/mol. The van der Waals surface area contributed by atoms with Gasteiger partial charge in [-0.3, -0.25) is 4.79 Å². The second kappa shape index (κ2) is 11.4. The van der Waals surface area contributed by atoms with Crippen molar-refractivity contribution in [2.24, 2.45) is 0 Å². The molecule has 1 heterocycles. The molecular weight excluding hydrogens is 432 g/mol. The van der Waals surface area contributed by atoms with E-state index in [-0.39, 0.29) is 23.3 Å². The molecule has 2 aromatic carbocycles. The lowest BCUT2D eigenvalue weighted by atomic mass is 10.0. The predicted molar refractivity (Wildman–Crippen MR) is 135 cm³/mol. The fourth-order valence-corrected chi connectivity index (χ4v) is 4.61. The smallest absolute Gasteiger partial charge is 0.237 e. The number of para-hydroxylation sites is 1. The molecule has 7 heteroatoms. The van der Waals surface area contributed by atoms with Gasteiger partial charge in [0, 0.05) is 11.7 Å². The van der Waals surface area contributed by atoms with Crippen LogP contribution >= 0.6 is 11.8 Å². The van der Waals surface area contributed by atoms with Crippen molar-refractivity contribution in [2.75, 3.05) is 5.32 Å². The SMILES string of the molecule is CCC(Sc1nnc(C(C)Oc2ccc(C(C)C)cc2)n1C(C)C)C(=O)Nc1ccccc1. The molecular formula is C26H34N4O2S. The number of aromatic nitrogens is 3. The number of nitrogens with one attached hydrogen (secondary N) is 1. The Hall–Kier alpha value is -2.80. The molecule has 2 unspecified atom stereocenters. The molecule has 1 aromatic heterocycles. The highest BCUT2D eigenvalue weighted by Crippen LogP contribution is 2.31. The maximum atomic E-state index is 12.9. The predicted octanol–water partition coefficient (Wildman–Crippen LogP) is 6.63. The van der Waals surface area contributed by atoms with Gasteiger partial charge >= 0.3 is 0 Å². The van der Waals surface area contributed by atoms with Crippen LogP contribution in [0.1, 0.15) is 77.4 Å². The maximum Gasteiger partial charge on any atom is 0.237 e. The van der Waals surface area contributed by atoms with Crippen LogP contribution in [0.5, 0.6) is 5.75 Å². The second-order valence-electron chi connectivity index (χ2n) is 8.66. The Morgan fingerprint density at radius 1 is 1.00 bits per heavy atom. The number of ether oxygens (including phenoxy) is 1. The molecule has 0 spiro atoms. The molecule has 2 atom stereocenters. The molecule has 176 valence electrons. The number of hydrogen-bond acceptors (Lipinski definition) is 5. The van der Waals surface area contributed by atoms with Crippen molar-refractivity contribution >= 4 is 23.4 Å². The van der Waals surface area contributed by atoms with Crippen LogP contribution in [0.2, 0.25) is 0 Å². The summed E-state index contributed by atoms with van der Waals surface area (Å²) in [5, 5.41) is 12.3. The average Bonchev–Trinajstić information content (AvgIpc) is 3.22. The molecule has 0 aliphatic rings. The minimum absolute atomic E-state index is 0.0388. The van der Waals surface area contributed by atoms with Crippen LogP contribution in [0, 0.1) is 0 Å². The van der Waals surface area contributed by atoms with E-state index in [1.165, 1.54) is 17.3 Å². The third-order valence-electron chi connectivity index (χ3n) is 5.38. The van der Waals surface area contributed by atoms with E-state index < -0.39 is 0 Å². The van der Waals surface area contributed by atoms with E-state index in [1.54, 1.807) is 0 Å². The number of thioether (sulfide) groups is 1. The Morgan fingerprint density at radius 2 is 1.67 bits per heavy atom. The molecule has 0 saturated carbocycles. The first-order valence-electron chi connectivity index (χ1n) is 11.5. The van der Waals surface area contributed by atoms with E-state index in [2.05, 4.69) is 59.9 Å². The van der Waals surface area contributed by atoms with Gasteiger partial charge in [0.15, 0.2) is 17.1 Å². The number of hydrogen-bond donors (Lipinski definition) is 1. The number of amides is 1. The molecule has 33 heavy (non-hydrogen) atoms. The van der Waals surface area contributed by atoms with Crippen molar-refractivity contribution in [3.05, 3.63) is 66.0 Å². The highest BCUT2D eigenvalue weighted by molar-refractivity contribution is 8.00. The summed E-state index contributed by atoms with van der Waals surface area (Å²) in [5.74, 6) is 1.99. The van der Waals surface area contributed by atoms with Crippen LogP contribution in [-0.4, -0.2) is 25.9 Å². The van der Waals surface area contributed by atoms with E-state index in [0.29, 0.717) is 12.3 Å². The highest BCUT2D eigenvalue weighted by Gasteiger charge is 2.26. The Labute approximate surface area is 201 Å². The minimum Gasteiger partial charge on any atom is -0.483 e. The fourth-order valence-electron chi connectivity index (χ4n) is 3.51. The van der Waals surface area contributed by atoms with E-state index in [1.807, 2.05) is 56.3 Å². The van der Waals surface area contributed by atoms with Crippen LogP contribution in [0.3, 0.4) is 0 Å². The molecule has 0 radical (unpaired) electrons. The van der Waals surface area contributed by atoms with Gasteiger partial charge in [0.05, 0.1) is 5.25 Å². The lowest BCUT2D eigenvalue weighted by molar-refractivity contribution is -0.115. The maximum absolute atomic E-state index is 12.9. The summed E-state index contributed by atoms with van der Waals surface area (Å²) < 4.78 is 8.25. The lowest BCUT2D eigenvalue weighted by Crippen LogP contribution is -2.25. The van der Waals surface area contributed by atoms with Gasteiger partial charge in [-0.05, 0) is 62.9 Å². The van der Waals surface area contributed by atoms with E-state index in [4.69, 9.17) is 4.74 Å². The summed E-state index contributed by atoms with van der Waals surface area (Å²) in [6, 6.07) is 17.8. The number of rotatable bonds is 10. The minimum atomic E-state index is -0.280. The molecule has 0 saturated heterocycles. The average molecular weight is 467 g/mol. The van der Waals surface area contributed by atoms with Crippen LogP contribution in [0.4, 0.5) is 5.69 Å². The van der Waals surface area contributed by atoms with Crippen molar-refractivity contribution in [1.82, 2.24) is 14.8 Å². The quantitative estimate of drug-likeness (QED) is 0.340. The van der Waals surface area contributed by atoms with Gasteiger partial charge in [-0.25, -0.2) is 0 Å². The standard InChI is InChI=1S/C26H34N4O2S/c1-7-23(25(31)27-21-11-9-8-10-12-21)33-26-29-28-24(30(26)18(4)5)19(6)32-22-15-13-20(14-16-22)17(2)3/h8-19,23H,7H2,1-6H3,(H,27,31). The zero-order valence-corrected chi connectivity index (χ0v) is 21.1. The summed E-state index contributed by atoms with van der Waals surface area (Å²) in [5.41, 5.74) is 2.07. The number of carbonyl (C=O) groups is 1. The molecule has 0 aliphatic heterocycles. The van der Waals surface area contributed by atoms with Gasteiger partial charge in [-0.1, -0.05) is 62.9 Å². The van der Waals surface area contributed by atoms with E-state index >= 15 is 0 Å². The van der Waals surface area contributed by atoms with Crippen molar-refractivity contribution in [3.8, 4) is 5.75 Å². The summed E-state index contributed by atoms with van der Waals surface area (Å²) in [6.07, 6.45) is 0.398. The number of carbonyl (C=O) groups excluding carboxylic acids is 1. The van der Waals surface area contributed by atoms with Crippen LogP contribution in [0.15, 0.2) is 59.8 Å². The summed E-state index contributed by atoms with van der Waals surface area (Å²) in [6.45, 7) is 12.5.